The number of piperidine rings is 1. The van der Waals surface area contributed by atoms with Crippen LogP contribution >= 0.6 is 11.3 Å². The van der Waals surface area contributed by atoms with E-state index in [1.54, 1.807) is 6.20 Å². The Kier molecular flexibility index (Phi) is 5.25. The number of benzene rings is 1. The van der Waals surface area contributed by atoms with E-state index >= 15 is 0 Å². The minimum absolute atomic E-state index is 0.00899. The highest BCUT2D eigenvalue weighted by Gasteiger charge is 2.26. The van der Waals surface area contributed by atoms with Gasteiger partial charge in [-0.1, -0.05) is 30.3 Å². The van der Waals surface area contributed by atoms with E-state index in [2.05, 4.69) is 4.98 Å². The number of carboxylic acids is 1. The molecular weight excluding hydrogens is 324 g/mol. The predicted octanol–water partition coefficient (Wildman–Crippen LogP) is 3.53. The topological polar surface area (TPSA) is 70.5 Å². The quantitative estimate of drug-likeness (QED) is 0.901. The molecule has 1 aromatic carbocycles. The minimum atomic E-state index is -0.770. The van der Waals surface area contributed by atoms with Crippen molar-refractivity contribution >= 4 is 23.2 Å². The van der Waals surface area contributed by atoms with Crippen molar-refractivity contribution < 1.29 is 14.7 Å². The number of carboxylic acid groups (broad SMARTS) is 1. The second kappa shape index (κ2) is 7.57. The molecule has 0 bridgehead atoms. The largest absolute Gasteiger partial charge is 0.481 e. The van der Waals surface area contributed by atoms with E-state index in [0.717, 1.165) is 30.0 Å². The van der Waals surface area contributed by atoms with Gasteiger partial charge in [-0.2, -0.15) is 0 Å². The van der Waals surface area contributed by atoms with E-state index in [1.807, 2.05) is 35.2 Å². The Labute approximate surface area is 145 Å². The van der Waals surface area contributed by atoms with Gasteiger partial charge in [-0.05, 0) is 25.2 Å². The molecule has 6 heteroatoms. The first kappa shape index (κ1) is 16.6. The fraction of sp³-hybridized carbons (Fsp3) is 0.389. The number of aliphatic carboxylic acids is 1. The van der Waals surface area contributed by atoms with Crippen molar-refractivity contribution in [3.8, 4) is 10.6 Å². The highest BCUT2D eigenvalue weighted by Crippen LogP contribution is 2.28. The Morgan fingerprint density at radius 3 is 2.83 bits per heavy atom. The maximum absolute atomic E-state index is 12.7. The molecule has 2 aromatic rings. The summed E-state index contributed by atoms with van der Waals surface area (Å²) in [5.41, 5.74) is 1.01. The predicted molar refractivity (Wildman–Crippen MR) is 93.0 cm³/mol. The third-order valence-electron chi connectivity index (χ3n) is 4.31. The molecule has 0 aliphatic carbocycles. The molecule has 1 aromatic heterocycles. The lowest BCUT2D eigenvalue weighted by Crippen LogP contribution is -2.39. The van der Waals surface area contributed by atoms with Crippen molar-refractivity contribution in [2.75, 3.05) is 13.1 Å². The molecule has 0 radical (unpaired) electrons. The molecule has 2 heterocycles. The van der Waals surface area contributed by atoms with Crippen LogP contribution < -0.4 is 0 Å². The molecule has 0 saturated carbocycles. The third-order valence-corrected chi connectivity index (χ3v) is 5.34. The molecule has 5 nitrogen and oxygen atoms in total. The molecule has 1 aliphatic heterocycles. The second-order valence-electron chi connectivity index (χ2n) is 6.09. The summed E-state index contributed by atoms with van der Waals surface area (Å²) in [6, 6.07) is 9.83. The van der Waals surface area contributed by atoms with Gasteiger partial charge in [0.05, 0.1) is 6.20 Å². The number of hydrogen-bond donors (Lipinski definition) is 1. The van der Waals surface area contributed by atoms with Gasteiger partial charge < -0.3 is 10.0 Å². The zero-order valence-electron chi connectivity index (χ0n) is 13.4. The smallest absolute Gasteiger partial charge is 0.303 e. The lowest BCUT2D eigenvalue weighted by molar-refractivity contribution is -0.137. The van der Waals surface area contributed by atoms with Crippen LogP contribution in [0, 0.1) is 5.92 Å². The monoisotopic (exact) mass is 344 g/mol. The Balaban J connectivity index is 1.66. The molecule has 1 atom stereocenters. The normalized spacial score (nSPS) is 17.7. The van der Waals surface area contributed by atoms with Crippen molar-refractivity contribution in [2.45, 2.75) is 25.7 Å². The first-order valence-electron chi connectivity index (χ1n) is 8.16. The maximum atomic E-state index is 12.7. The number of thiazole rings is 1. The van der Waals surface area contributed by atoms with Crippen LogP contribution in [0.5, 0.6) is 0 Å². The molecule has 0 unspecified atom stereocenters. The summed E-state index contributed by atoms with van der Waals surface area (Å²) in [4.78, 5) is 30.3. The average Bonchev–Trinajstić information content (AvgIpc) is 3.10. The van der Waals surface area contributed by atoms with Crippen molar-refractivity contribution in [3.05, 3.63) is 41.4 Å². The van der Waals surface area contributed by atoms with Crippen molar-refractivity contribution in [3.63, 3.8) is 0 Å². The molecule has 126 valence electrons. The lowest BCUT2D eigenvalue weighted by atomic mass is 9.93. The van der Waals surface area contributed by atoms with Gasteiger partial charge in [-0.15, -0.1) is 11.3 Å². The van der Waals surface area contributed by atoms with E-state index in [0.29, 0.717) is 17.8 Å². The van der Waals surface area contributed by atoms with E-state index in [4.69, 9.17) is 5.11 Å². The number of rotatable bonds is 5. The molecular formula is C18H20N2O3S. The third kappa shape index (κ3) is 4.00. The van der Waals surface area contributed by atoms with Crippen LogP contribution in [-0.4, -0.2) is 40.0 Å². The first-order valence-corrected chi connectivity index (χ1v) is 8.97. The second-order valence-corrected chi connectivity index (χ2v) is 7.12. The Morgan fingerprint density at radius 2 is 2.08 bits per heavy atom. The molecule has 3 rings (SSSR count). The first-order chi connectivity index (χ1) is 11.6. The fourth-order valence-corrected chi connectivity index (χ4v) is 3.95. The number of aromatic nitrogens is 1. The van der Waals surface area contributed by atoms with Gasteiger partial charge in [0.1, 0.15) is 9.88 Å². The molecule has 1 aliphatic rings. The summed E-state index contributed by atoms with van der Waals surface area (Å²) < 4.78 is 0. The summed E-state index contributed by atoms with van der Waals surface area (Å²) >= 11 is 1.41. The minimum Gasteiger partial charge on any atom is -0.481 e. The van der Waals surface area contributed by atoms with Crippen LogP contribution in [0.1, 0.15) is 35.4 Å². The van der Waals surface area contributed by atoms with Gasteiger partial charge in [-0.25, -0.2) is 4.98 Å². The SMILES string of the molecule is O=C(O)CC[C@H]1CCCN(C(=O)c2cnc(-c3ccccc3)s2)C1. The fourth-order valence-electron chi connectivity index (χ4n) is 3.06. The lowest BCUT2D eigenvalue weighted by Gasteiger charge is -2.32. The Hall–Kier alpha value is -2.21. The zero-order chi connectivity index (χ0) is 16.9. The molecule has 1 N–H and O–H groups in total. The highest BCUT2D eigenvalue weighted by atomic mass is 32.1. The van der Waals surface area contributed by atoms with Gasteiger partial charge in [0, 0.05) is 25.1 Å². The van der Waals surface area contributed by atoms with Crippen molar-refractivity contribution in [2.24, 2.45) is 5.92 Å². The highest BCUT2D eigenvalue weighted by molar-refractivity contribution is 7.16. The van der Waals surface area contributed by atoms with Crippen LogP contribution in [0.25, 0.3) is 10.6 Å². The van der Waals surface area contributed by atoms with Crippen LogP contribution in [-0.2, 0) is 4.79 Å². The number of likely N-dealkylation sites (tertiary alicyclic amines) is 1. The molecule has 0 spiro atoms. The number of amides is 1. The van der Waals surface area contributed by atoms with E-state index in [1.165, 1.54) is 11.3 Å². The summed E-state index contributed by atoms with van der Waals surface area (Å²) in [7, 11) is 0. The zero-order valence-corrected chi connectivity index (χ0v) is 14.2. The standard InChI is InChI=1S/C18H20N2O3S/c21-16(22)9-8-13-5-4-10-20(12-13)18(23)15-11-19-17(24-15)14-6-2-1-3-7-14/h1-3,6-7,11,13H,4-5,8-10,12H2,(H,21,22)/t13-/m1/s1. The Morgan fingerprint density at radius 1 is 1.29 bits per heavy atom. The van der Waals surface area contributed by atoms with Crippen molar-refractivity contribution in [1.82, 2.24) is 9.88 Å². The number of carbonyl (C=O) groups excluding carboxylic acids is 1. The van der Waals surface area contributed by atoms with Gasteiger partial charge in [-0.3, -0.25) is 9.59 Å². The van der Waals surface area contributed by atoms with Crippen LogP contribution in [0.4, 0.5) is 0 Å². The summed E-state index contributed by atoms with van der Waals surface area (Å²) in [6.07, 6.45) is 4.38. The van der Waals surface area contributed by atoms with Crippen LogP contribution in [0.15, 0.2) is 36.5 Å². The maximum Gasteiger partial charge on any atom is 0.303 e. The van der Waals surface area contributed by atoms with E-state index < -0.39 is 5.97 Å². The van der Waals surface area contributed by atoms with Gasteiger partial charge in [0.2, 0.25) is 0 Å². The van der Waals surface area contributed by atoms with Crippen LogP contribution in [0.2, 0.25) is 0 Å². The summed E-state index contributed by atoms with van der Waals surface area (Å²) in [5.74, 6) is -0.483. The van der Waals surface area contributed by atoms with Crippen molar-refractivity contribution in [1.29, 1.82) is 0 Å². The van der Waals surface area contributed by atoms with Gasteiger partial charge in [0.25, 0.3) is 5.91 Å². The number of nitrogens with zero attached hydrogens (tertiary/aromatic N) is 2. The van der Waals surface area contributed by atoms with E-state index in [-0.39, 0.29) is 18.2 Å². The molecule has 1 fully saturated rings. The Bertz CT molecular complexity index is 714. The summed E-state index contributed by atoms with van der Waals surface area (Å²) in [6.45, 7) is 1.38. The number of hydrogen-bond acceptors (Lipinski definition) is 4. The molecule has 1 amide bonds. The molecule has 24 heavy (non-hydrogen) atoms. The average molecular weight is 344 g/mol. The molecule has 1 saturated heterocycles. The van der Waals surface area contributed by atoms with Crippen LogP contribution in [0.3, 0.4) is 0 Å². The van der Waals surface area contributed by atoms with Gasteiger partial charge >= 0.3 is 5.97 Å². The summed E-state index contributed by atoms with van der Waals surface area (Å²) in [5, 5.41) is 9.67. The number of carbonyl (C=O) groups is 2. The van der Waals surface area contributed by atoms with E-state index in [9.17, 15) is 9.59 Å². The van der Waals surface area contributed by atoms with Gasteiger partial charge in [0.15, 0.2) is 0 Å².